The molecule has 8 heteroatoms. The van der Waals surface area contributed by atoms with Crippen molar-refractivity contribution in [1.82, 2.24) is 9.97 Å². The van der Waals surface area contributed by atoms with Crippen LogP contribution in [0.15, 0.2) is 24.3 Å². The number of anilines is 1. The maximum absolute atomic E-state index is 12.7. The zero-order chi connectivity index (χ0) is 21.0. The van der Waals surface area contributed by atoms with Gasteiger partial charge in [0, 0.05) is 20.2 Å². The number of ether oxygens (including phenoxy) is 3. The normalized spacial score (nSPS) is 21.4. The predicted octanol–water partition coefficient (Wildman–Crippen LogP) is 2.43. The Labute approximate surface area is 170 Å². The Morgan fingerprint density at radius 3 is 2.48 bits per heavy atom. The van der Waals surface area contributed by atoms with Crippen molar-refractivity contribution in [2.75, 3.05) is 31.7 Å². The lowest BCUT2D eigenvalue weighted by Gasteiger charge is -2.37. The van der Waals surface area contributed by atoms with Crippen LogP contribution in [0.5, 0.6) is 0 Å². The van der Waals surface area contributed by atoms with E-state index in [0.717, 1.165) is 0 Å². The van der Waals surface area contributed by atoms with Crippen molar-refractivity contribution in [3.63, 3.8) is 0 Å². The number of nitriles is 1. The van der Waals surface area contributed by atoms with E-state index in [0.29, 0.717) is 35.6 Å². The zero-order valence-corrected chi connectivity index (χ0v) is 17.2. The summed E-state index contributed by atoms with van der Waals surface area (Å²) in [5, 5.41) is 9.80. The van der Waals surface area contributed by atoms with Crippen LogP contribution >= 0.6 is 0 Å². The minimum Gasteiger partial charge on any atom is -0.459 e. The Morgan fingerprint density at radius 1 is 1.28 bits per heavy atom. The molecule has 1 aliphatic heterocycles. The number of carbonyl (C=O) groups excluding carboxylic acids is 1. The minimum atomic E-state index is -1.19. The van der Waals surface area contributed by atoms with Gasteiger partial charge in [0.15, 0.2) is 11.7 Å². The van der Waals surface area contributed by atoms with Gasteiger partial charge >= 0.3 is 5.97 Å². The van der Waals surface area contributed by atoms with Gasteiger partial charge in [0.25, 0.3) is 0 Å². The van der Waals surface area contributed by atoms with E-state index in [1.165, 1.54) is 7.11 Å². The molecular formula is C21H26N4O4. The minimum absolute atomic E-state index is 0.00548. The molecule has 0 aliphatic carbocycles. The quantitative estimate of drug-likeness (QED) is 0.685. The monoisotopic (exact) mass is 398 g/mol. The number of methoxy groups -OCH3 is 1. The highest BCUT2D eigenvalue weighted by Gasteiger charge is 2.33. The summed E-state index contributed by atoms with van der Waals surface area (Å²) in [7, 11) is 1.53. The van der Waals surface area contributed by atoms with Crippen LogP contribution in [0.2, 0.25) is 0 Å². The second-order valence-corrected chi connectivity index (χ2v) is 7.35. The molecule has 0 unspecified atom stereocenters. The van der Waals surface area contributed by atoms with Crippen molar-refractivity contribution in [2.24, 2.45) is 0 Å². The van der Waals surface area contributed by atoms with Crippen LogP contribution in [-0.4, -0.2) is 61.1 Å². The van der Waals surface area contributed by atoms with E-state index in [-0.39, 0.29) is 18.8 Å². The first-order chi connectivity index (χ1) is 13.9. The SMILES string of the molecule is COC[C@H](C)OC(=O)[C@H](C#N)c1nc2ccccc2nc1N1C[C@H](C)O[C@@H](C)C1. The maximum atomic E-state index is 12.7. The van der Waals surface area contributed by atoms with Gasteiger partial charge in [-0.2, -0.15) is 5.26 Å². The van der Waals surface area contributed by atoms with Crippen molar-refractivity contribution in [2.45, 2.75) is 45.0 Å². The molecule has 1 fully saturated rings. The van der Waals surface area contributed by atoms with E-state index < -0.39 is 18.0 Å². The molecule has 3 rings (SSSR count). The predicted molar refractivity (Wildman–Crippen MR) is 108 cm³/mol. The van der Waals surface area contributed by atoms with Crippen LogP contribution in [0.1, 0.15) is 32.4 Å². The first-order valence-corrected chi connectivity index (χ1v) is 9.69. The number of hydrogen-bond donors (Lipinski definition) is 0. The van der Waals surface area contributed by atoms with Gasteiger partial charge in [0.1, 0.15) is 11.8 Å². The molecule has 29 heavy (non-hydrogen) atoms. The van der Waals surface area contributed by atoms with Gasteiger partial charge in [-0.25, -0.2) is 9.97 Å². The van der Waals surface area contributed by atoms with E-state index in [9.17, 15) is 10.1 Å². The zero-order valence-electron chi connectivity index (χ0n) is 17.2. The van der Waals surface area contributed by atoms with Gasteiger partial charge in [0.2, 0.25) is 0 Å². The van der Waals surface area contributed by atoms with E-state index in [4.69, 9.17) is 19.2 Å². The molecule has 0 saturated carbocycles. The number of carbonyl (C=O) groups is 1. The third-order valence-electron chi connectivity index (χ3n) is 4.65. The summed E-state index contributed by atoms with van der Waals surface area (Å²) in [6, 6.07) is 9.46. The van der Waals surface area contributed by atoms with E-state index in [2.05, 4.69) is 11.1 Å². The first-order valence-electron chi connectivity index (χ1n) is 9.69. The smallest absolute Gasteiger partial charge is 0.330 e. The van der Waals surface area contributed by atoms with E-state index in [1.54, 1.807) is 6.92 Å². The van der Waals surface area contributed by atoms with Crippen molar-refractivity contribution >= 4 is 22.8 Å². The molecule has 1 aliphatic rings. The average Bonchev–Trinajstić information content (AvgIpc) is 2.67. The number of fused-ring (bicyclic) bond motifs is 1. The average molecular weight is 398 g/mol. The lowest BCUT2D eigenvalue weighted by molar-refractivity contribution is -0.150. The second-order valence-electron chi connectivity index (χ2n) is 7.35. The molecule has 1 aromatic carbocycles. The van der Waals surface area contributed by atoms with E-state index in [1.807, 2.05) is 43.0 Å². The second kappa shape index (κ2) is 9.16. The molecule has 1 aromatic heterocycles. The first kappa shape index (κ1) is 21.0. The molecular weight excluding hydrogens is 372 g/mol. The Morgan fingerprint density at radius 2 is 1.90 bits per heavy atom. The van der Waals surface area contributed by atoms with Crippen molar-refractivity contribution in [3.05, 3.63) is 30.0 Å². The molecule has 2 heterocycles. The highest BCUT2D eigenvalue weighted by atomic mass is 16.6. The topological polar surface area (TPSA) is 97.6 Å². The van der Waals surface area contributed by atoms with Gasteiger partial charge in [-0.05, 0) is 32.9 Å². The molecule has 4 atom stereocenters. The van der Waals surface area contributed by atoms with Crippen LogP contribution in [0, 0.1) is 11.3 Å². The summed E-state index contributed by atoms with van der Waals surface area (Å²) in [6.07, 6.45) is -0.480. The highest BCUT2D eigenvalue weighted by Crippen LogP contribution is 2.30. The standard InChI is InChI=1S/C21H26N4O4/c1-13-10-25(11-14(2)28-13)20-19(23-17-7-5-6-8-18(17)24-20)16(9-22)21(26)29-15(3)12-27-4/h5-8,13-16H,10-12H2,1-4H3/t13-,14-,15-,16+/m0/s1. The molecule has 2 aromatic rings. The number of para-hydroxylation sites is 2. The van der Waals surface area contributed by atoms with Crippen LogP contribution < -0.4 is 4.90 Å². The van der Waals surface area contributed by atoms with Gasteiger partial charge in [0.05, 0.1) is 35.9 Å². The fourth-order valence-electron chi connectivity index (χ4n) is 3.54. The number of hydrogen-bond acceptors (Lipinski definition) is 8. The van der Waals surface area contributed by atoms with Crippen molar-refractivity contribution in [1.29, 1.82) is 5.26 Å². The molecule has 1 saturated heterocycles. The third-order valence-corrected chi connectivity index (χ3v) is 4.65. The van der Waals surface area contributed by atoms with Gasteiger partial charge < -0.3 is 19.1 Å². The molecule has 0 bridgehead atoms. The fraction of sp³-hybridized carbons (Fsp3) is 0.524. The van der Waals surface area contributed by atoms with Gasteiger partial charge in [-0.15, -0.1) is 0 Å². The summed E-state index contributed by atoms with van der Waals surface area (Å²) in [5.74, 6) is -1.32. The molecule has 8 nitrogen and oxygen atoms in total. The third kappa shape index (κ3) is 4.81. The van der Waals surface area contributed by atoms with Gasteiger partial charge in [-0.3, -0.25) is 4.79 Å². The van der Waals surface area contributed by atoms with E-state index >= 15 is 0 Å². The molecule has 0 amide bonds. The fourth-order valence-corrected chi connectivity index (χ4v) is 3.54. The van der Waals surface area contributed by atoms with Crippen molar-refractivity contribution in [3.8, 4) is 6.07 Å². The maximum Gasteiger partial charge on any atom is 0.330 e. The summed E-state index contributed by atoms with van der Waals surface area (Å²) >= 11 is 0. The summed E-state index contributed by atoms with van der Waals surface area (Å²) < 4.78 is 16.2. The van der Waals surface area contributed by atoms with Crippen LogP contribution in [-0.2, 0) is 19.0 Å². The number of benzene rings is 1. The van der Waals surface area contributed by atoms with Crippen molar-refractivity contribution < 1.29 is 19.0 Å². The number of esters is 1. The molecule has 0 spiro atoms. The molecule has 0 radical (unpaired) electrons. The summed E-state index contributed by atoms with van der Waals surface area (Å²) in [5.41, 5.74) is 1.64. The number of aromatic nitrogens is 2. The number of nitrogens with zero attached hydrogens (tertiary/aromatic N) is 4. The van der Waals surface area contributed by atoms with Crippen LogP contribution in [0.3, 0.4) is 0 Å². The highest BCUT2D eigenvalue weighted by molar-refractivity contribution is 5.85. The lowest BCUT2D eigenvalue weighted by Crippen LogP contribution is -2.46. The Balaban J connectivity index is 2.04. The Hall–Kier alpha value is -2.76. The van der Waals surface area contributed by atoms with Crippen LogP contribution in [0.25, 0.3) is 11.0 Å². The molecule has 154 valence electrons. The number of rotatable bonds is 6. The lowest BCUT2D eigenvalue weighted by atomic mass is 10.1. The summed E-state index contributed by atoms with van der Waals surface area (Å²) in [4.78, 5) is 24.2. The molecule has 0 N–H and O–H groups in total. The largest absolute Gasteiger partial charge is 0.459 e. The van der Waals surface area contributed by atoms with Crippen LogP contribution in [0.4, 0.5) is 5.82 Å². The summed E-state index contributed by atoms with van der Waals surface area (Å²) in [6.45, 7) is 7.13. The Kier molecular flexibility index (Phi) is 6.62. The number of morpholine rings is 1. The van der Waals surface area contributed by atoms with Gasteiger partial charge in [-0.1, -0.05) is 12.1 Å². The Bertz CT molecular complexity index is 903.